The molecule has 1 aliphatic carbocycles. The topological polar surface area (TPSA) is 62.3 Å². The van der Waals surface area contributed by atoms with Gasteiger partial charge in [-0.2, -0.15) is 13.2 Å². The first-order chi connectivity index (χ1) is 13.8. The molecule has 2 aromatic rings. The van der Waals surface area contributed by atoms with Crippen molar-refractivity contribution >= 4 is 17.9 Å². The first-order valence-electron chi connectivity index (χ1n) is 9.14. The van der Waals surface area contributed by atoms with E-state index in [1.807, 2.05) is 11.4 Å². The van der Waals surface area contributed by atoms with Gasteiger partial charge in [-0.15, -0.1) is 0 Å². The Balaban J connectivity index is 1.61. The Morgan fingerprint density at radius 1 is 1.17 bits per heavy atom. The van der Waals surface area contributed by atoms with E-state index in [-0.39, 0.29) is 17.5 Å². The zero-order valence-corrected chi connectivity index (χ0v) is 15.5. The van der Waals surface area contributed by atoms with E-state index >= 15 is 0 Å². The highest BCUT2D eigenvalue weighted by atomic mass is 19.4. The quantitative estimate of drug-likeness (QED) is 0.719. The monoisotopic (exact) mass is 403 g/mol. The van der Waals surface area contributed by atoms with Gasteiger partial charge in [0.05, 0.1) is 0 Å². The average Bonchev–Trinajstić information content (AvgIpc) is 3.54. The molecule has 8 heteroatoms. The number of nitrogens with one attached hydrogen (secondary N) is 1. The lowest BCUT2D eigenvalue weighted by Crippen LogP contribution is -2.33. The number of alkyl halides is 3. The summed E-state index contributed by atoms with van der Waals surface area (Å²) in [5.74, 6) is -0.910. The molecule has 0 bridgehead atoms. The molecular weight excluding hydrogens is 383 g/mol. The van der Waals surface area contributed by atoms with Gasteiger partial charge in [-0.3, -0.25) is 14.6 Å². The largest absolute Gasteiger partial charge is 0.405 e. The lowest BCUT2D eigenvalue weighted by molar-refractivity contribution is -0.127. The van der Waals surface area contributed by atoms with Gasteiger partial charge in [0.2, 0.25) is 5.91 Å². The molecule has 5 nitrogen and oxygen atoms in total. The van der Waals surface area contributed by atoms with Crippen molar-refractivity contribution in [3.8, 4) is 0 Å². The number of carbonyl (C=O) groups is 2. The van der Waals surface area contributed by atoms with E-state index in [4.69, 9.17) is 0 Å². The Kier molecular flexibility index (Phi) is 6.31. The van der Waals surface area contributed by atoms with Crippen LogP contribution >= 0.6 is 0 Å². The Labute approximate surface area is 166 Å². The van der Waals surface area contributed by atoms with Crippen molar-refractivity contribution in [2.45, 2.75) is 31.6 Å². The summed E-state index contributed by atoms with van der Waals surface area (Å²) >= 11 is 0. The average molecular weight is 403 g/mol. The van der Waals surface area contributed by atoms with E-state index in [9.17, 15) is 22.8 Å². The van der Waals surface area contributed by atoms with Crippen molar-refractivity contribution in [2.75, 3.05) is 6.54 Å². The predicted molar refractivity (Wildman–Crippen MR) is 102 cm³/mol. The first-order valence-corrected chi connectivity index (χ1v) is 9.14. The van der Waals surface area contributed by atoms with Gasteiger partial charge in [0.1, 0.15) is 6.54 Å². The SMILES string of the molecule is O=C(NCC(F)(F)F)c1ccc(CN(C(=O)/C=C/c2cccnc2)C2CC2)cc1. The lowest BCUT2D eigenvalue weighted by atomic mass is 10.1. The van der Waals surface area contributed by atoms with Crippen LogP contribution in [0.1, 0.15) is 34.3 Å². The summed E-state index contributed by atoms with van der Waals surface area (Å²) in [5.41, 5.74) is 1.76. The van der Waals surface area contributed by atoms with Crippen molar-refractivity contribution in [1.29, 1.82) is 0 Å². The minimum absolute atomic E-state index is 0.122. The van der Waals surface area contributed by atoms with Crippen LogP contribution in [0.5, 0.6) is 0 Å². The minimum atomic E-state index is -4.45. The van der Waals surface area contributed by atoms with Gasteiger partial charge in [0, 0.05) is 36.6 Å². The van der Waals surface area contributed by atoms with Crippen molar-refractivity contribution in [1.82, 2.24) is 15.2 Å². The zero-order chi connectivity index (χ0) is 20.9. The number of nitrogens with zero attached hydrogens (tertiary/aromatic N) is 2. The van der Waals surface area contributed by atoms with Crippen molar-refractivity contribution in [3.63, 3.8) is 0 Å². The number of amides is 2. The van der Waals surface area contributed by atoms with Crippen LogP contribution in [0.4, 0.5) is 13.2 Å². The van der Waals surface area contributed by atoms with Gasteiger partial charge in [-0.1, -0.05) is 18.2 Å². The summed E-state index contributed by atoms with van der Waals surface area (Å²) in [4.78, 5) is 30.1. The fourth-order valence-corrected chi connectivity index (χ4v) is 2.75. The van der Waals surface area contributed by atoms with Crippen LogP contribution in [-0.4, -0.2) is 40.5 Å². The maximum Gasteiger partial charge on any atom is 0.405 e. The number of hydrogen-bond acceptors (Lipinski definition) is 3. The number of aromatic nitrogens is 1. The van der Waals surface area contributed by atoms with Crippen LogP contribution in [-0.2, 0) is 11.3 Å². The summed E-state index contributed by atoms with van der Waals surface area (Å²) in [6.45, 7) is -1.01. The highest BCUT2D eigenvalue weighted by molar-refractivity contribution is 5.94. The van der Waals surface area contributed by atoms with Crippen LogP contribution in [0, 0.1) is 0 Å². The summed E-state index contributed by atoms with van der Waals surface area (Å²) in [6.07, 6.45) is 3.95. The summed E-state index contributed by atoms with van der Waals surface area (Å²) in [7, 11) is 0. The smallest absolute Gasteiger partial charge is 0.343 e. The number of pyridine rings is 1. The maximum atomic E-state index is 12.6. The van der Waals surface area contributed by atoms with Crippen LogP contribution in [0.15, 0.2) is 54.9 Å². The van der Waals surface area contributed by atoms with Crippen molar-refractivity contribution < 1.29 is 22.8 Å². The van der Waals surface area contributed by atoms with E-state index in [0.717, 1.165) is 24.0 Å². The van der Waals surface area contributed by atoms with E-state index < -0.39 is 18.6 Å². The lowest BCUT2D eigenvalue weighted by Gasteiger charge is -2.21. The van der Waals surface area contributed by atoms with E-state index in [2.05, 4.69) is 4.98 Å². The first kappa shape index (κ1) is 20.6. The maximum absolute atomic E-state index is 12.6. The molecule has 1 heterocycles. The third kappa shape index (κ3) is 6.44. The fourth-order valence-electron chi connectivity index (χ4n) is 2.75. The Hall–Kier alpha value is -3.16. The normalized spacial score (nSPS) is 14.0. The van der Waals surface area contributed by atoms with E-state index in [1.54, 1.807) is 41.6 Å². The van der Waals surface area contributed by atoms with Crippen LogP contribution in [0.25, 0.3) is 6.08 Å². The summed E-state index contributed by atoms with van der Waals surface area (Å²) < 4.78 is 36.6. The highest BCUT2D eigenvalue weighted by Crippen LogP contribution is 2.29. The molecule has 0 aliphatic heterocycles. The fraction of sp³-hybridized carbons (Fsp3) is 0.286. The third-order valence-corrected chi connectivity index (χ3v) is 4.39. The summed E-state index contributed by atoms with van der Waals surface area (Å²) in [5, 5.41) is 1.84. The molecule has 1 aromatic carbocycles. The molecule has 1 saturated carbocycles. The predicted octanol–water partition coefficient (Wildman–Crippen LogP) is 3.58. The molecule has 0 saturated heterocycles. The molecule has 1 aliphatic rings. The number of rotatable bonds is 7. The second-order valence-corrected chi connectivity index (χ2v) is 6.81. The Morgan fingerprint density at radius 3 is 2.48 bits per heavy atom. The molecule has 29 heavy (non-hydrogen) atoms. The van der Waals surface area contributed by atoms with Gasteiger partial charge in [0.25, 0.3) is 5.91 Å². The van der Waals surface area contributed by atoms with Gasteiger partial charge in [0.15, 0.2) is 0 Å². The van der Waals surface area contributed by atoms with Crippen LogP contribution in [0.3, 0.4) is 0 Å². The van der Waals surface area contributed by atoms with Crippen molar-refractivity contribution in [2.24, 2.45) is 0 Å². The molecule has 1 N–H and O–H groups in total. The summed E-state index contributed by atoms with van der Waals surface area (Å²) in [6, 6.07) is 10.0. The molecule has 0 atom stereocenters. The van der Waals surface area contributed by atoms with E-state index in [1.165, 1.54) is 18.2 Å². The number of hydrogen-bond donors (Lipinski definition) is 1. The molecule has 1 aromatic heterocycles. The molecular formula is C21H20F3N3O2. The molecule has 3 rings (SSSR count). The molecule has 0 spiro atoms. The molecule has 0 radical (unpaired) electrons. The third-order valence-electron chi connectivity index (χ3n) is 4.39. The van der Waals surface area contributed by atoms with Crippen molar-refractivity contribution in [3.05, 3.63) is 71.6 Å². The van der Waals surface area contributed by atoms with E-state index in [0.29, 0.717) is 6.54 Å². The van der Waals surface area contributed by atoms with Crippen LogP contribution in [0.2, 0.25) is 0 Å². The molecule has 1 fully saturated rings. The zero-order valence-electron chi connectivity index (χ0n) is 15.5. The van der Waals surface area contributed by atoms with Gasteiger partial charge in [-0.25, -0.2) is 0 Å². The second-order valence-electron chi connectivity index (χ2n) is 6.81. The molecule has 2 amide bonds. The van der Waals surface area contributed by atoms with Gasteiger partial charge in [-0.05, 0) is 48.2 Å². The van der Waals surface area contributed by atoms with Crippen LogP contribution < -0.4 is 5.32 Å². The second kappa shape index (κ2) is 8.89. The number of halogens is 3. The van der Waals surface area contributed by atoms with Gasteiger partial charge >= 0.3 is 6.18 Å². The standard InChI is InChI=1S/C21H20F3N3O2/c22-21(23,24)14-26-20(29)17-6-3-16(4-7-17)13-27(18-8-9-18)19(28)10-5-15-2-1-11-25-12-15/h1-7,10-12,18H,8-9,13-14H2,(H,26,29)/b10-5+. The molecule has 152 valence electrons. The number of carbonyl (C=O) groups excluding carboxylic acids is 2. The molecule has 0 unspecified atom stereocenters. The Bertz CT molecular complexity index is 876. The van der Waals surface area contributed by atoms with Gasteiger partial charge < -0.3 is 10.2 Å². The minimum Gasteiger partial charge on any atom is -0.343 e. The Morgan fingerprint density at radius 2 is 1.90 bits per heavy atom. The highest BCUT2D eigenvalue weighted by Gasteiger charge is 2.31. The number of benzene rings is 1.